The number of aliphatic hydroxyl groups excluding tert-OH is 1. The monoisotopic (exact) mass is 460 g/mol. The molecule has 2 heterocycles. The first-order valence-corrected chi connectivity index (χ1v) is 11.2. The van der Waals surface area contributed by atoms with Crippen LogP contribution in [-0.4, -0.2) is 63.1 Å². The topological polar surface area (TPSA) is 69.5 Å². The minimum absolute atomic E-state index is 0. The smallest absolute Gasteiger partial charge is 0.246 e. The molecule has 0 amide bonds. The largest absolute Gasteiger partial charge is 0.392 e. The Hall–Kier alpha value is -3.04. The maximum absolute atomic E-state index is 13.5. The summed E-state index contributed by atoms with van der Waals surface area (Å²) in [5.74, 6) is -1.00. The van der Waals surface area contributed by atoms with Gasteiger partial charge in [-0.25, -0.2) is 13.5 Å². The molecule has 2 aromatic carbocycles. The Morgan fingerprint density at radius 2 is 1.88 bits per heavy atom. The molecule has 0 aliphatic carbocycles. The predicted octanol–water partition coefficient (Wildman–Crippen LogP) is 4.37. The van der Waals surface area contributed by atoms with Crippen molar-refractivity contribution >= 4 is 17.3 Å². The fourth-order valence-electron chi connectivity index (χ4n) is 4.36. The zero-order valence-electron chi connectivity index (χ0n) is 19.2. The summed E-state index contributed by atoms with van der Waals surface area (Å²) in [6.45, 7) is 9.41. The first kappa shape index (κ1) is 23.1. The number of anilines is 3. The summed E-state index contributed by atoms with van der Waals surface area (Å²) >= 11 is 0. The van der Waals surface area contributed by atoms with Crippen molar-refractivity contribution in [1.29, 1.82) is 0 Å². The SMILES string of the molecule is CCC1CN(c2cc(C)cc(Nc3ncn(-c4cc(F)cc(F)c4)n3)c2)CCN1CC(C)O.[HH].[HH]. The van der Waals surface area contributed by atoms with Gasteiger partial charge in [0.2, 0.25) is 5.95 Å². The van der Waals surface area contributed by atoms with E-state index in [2.05, 4.69) is 44.3 Å². The molecule has 1 aliphatic rings. The summed E-state index contributed by atoms with van der Waals surface area (Å²) in [4.78, 5) is 8.96. The summed E-state index contributed by atoms with van der Waals surface area (Å²) in [6, 6.07) is 9.83. The second kappa shape index (κ2) is 9.84. The normalized spacial score (nSPS) is 17.9. The van der Waals surface area contributed by atoms with Gasteiger partial charge in [0.25, 0.3) is 0 Å². The summed E-state index contributed by atoms with van der Waals surface area (Å²) in [7, 11) is 0. The lowest BCUT2D eigenvalue weighted by atomic mass is 10.1. The van der Waals surface area contributed by atoms with Crippen molar-refractivity contribution in [2.45, 2.75) is 39.3 Å². The van der Waals surface area contributed by atoms with Gasteiger partial charge >= 0.3 is 0 Å². The maximum atomic E-state index is 13.5. The van der Waals surface area contributed by atoms with Crippen LogP contribution in [0.2, 0.25) is 0 Å². The van der Waals surface area contributed by atoms with Crippen molar-refractivity contribution in [3.8, 4) is 5.69 Å². The van der Waals surface area contributed by atoms with Crippen LogP contribution in [0, 0.1) is 18.6 Å². The fourth-order valence-corrected chi connectivity index (χ4v) is 4.36. The number of piperazine rings is 1. The van der Waals surface area contributed by atoms with Crippen LogP contribution in [0.1, 0.15) is 28.7 Å². The van der Waals surface area contributed by atoms with Crippen molar-refractivity contribution in [2.75, 3.05) is 36.4 Å². The number of aliphatic hydroxyl groups is 1. The first-order valence-electron chi connectivity index (χ1n) is 11.2. The van der Waals surface area contributed by atoms with Crippen LogP contribution in [0.4, 0.5) is 26.1 Å². The van der Waals surface area contributed by atoms with Gasteiger partial charge in [-0.3, -0.25) is 4.90 Å². The van der Waals surface area contributed by atoms with E-state index in [0.717, 1.165) is 49.1 Å². The van der Waals surface area contributed by atoms with E-state index in [1.807, 2.05) is 19.9 Å². The number of aryl methyl sites for hydroxylation is 1. The molecule has 0 spiro atoms. The van der Waals surface area contributed by atoms with E-state index < -0.39 is 11.6 Å². The summed E-state index contributed by atoms with van der Waals surface area (Å²) in [5.41, 5.74) is 3.31. The minimum Gasteiger partial charge on any atom is -0.392 e. The van der Waals surface area contributed by atoms with E-state index in [0.29, 0.717) is 18.5 Å². The highest BCUT2D eigenvalue weighted by Gasteiger charge is 2.26. The zero-order chi connectivity index (χ0) is 23.5. The number of β-amino-alcohol motifs (C(OH)–C–C–N with tert-alkyl or cyclic N) is 1. The Morgan fingerprint density at radius 3 is 2.58 bits per heavy atom. The van der Waals surface area contributed by atoms with E-state index in [1.54, 1.807) is 0 Å². The van der Waals surface area contributed by atoms with Gasteiger partial charge in [0, 0.05) is 52.5 Å². The van der Waals surface area contributed by atoms with Crippen LogP contribution in [-0.2, 0) is 0 Å². The van der Waals surface area contributed by atoms with Gasteiger partial charge in [-0.1, -0.05) is 6.92 Å². The average molecular weight is 461 g/mol. The molecule has 0 radical (unpaired) electrons. The highest BCUT2D eigenvalue weighted by molar-refractivity contribution is 5.64. The van der Waals surface area contributed by atoms with Crippen LogP contribution < -0.4 is 10.2 Å². The van der Waals surface area contributed by atoms with Crippen LogP contribution in [0.25, 0.3) is 5.69 Å². The molecule has 2 unspecified atom stereocenters. The molecule has 2 atom stereocenters. The van der Waals surface area contributed by atoms with E-state index in [-0.39, 0.29) is 14.6 Å². The lowest BCUT2D eigenvalue weighted by Crippen LogP contribution is -2.54. The Balaban J connectivity index is 0.00000216. The van der Waals surface area contributed by atoms with Gasteiger partial charge in [-0.05, 0) is 56.2 Å². The molecule has 33 heavy (non-hydrogen) atoms. The molecule has 1 saturated heterocycles. The molecule has 180 valence electrons. The van der Waals surface area contributed by atoms with Crippen molar-refractivity contribution in [3.63, 3.8) is 0 Å². The van der Waals surface area contributed by atoms with Crippen LogP contribution in [0.3, 0.4) is 0 Å². The number of nitrogens with zero attached hydrogens (tertiary/aromatic N) is 5. The van der Waals surface area contributed by atoms with Crippen LogP contribution in [0.15, 0.2) is 42.7 Å². The second-order valence-corrected chi connectivity index (χ2v) is 8.67. The molecule has 2 N–H and O–H groups in total. The minimum atomic E-state index is -0.669. The number of nitrogens with one attached hydrogen (secondary N) is 1. The van der Waals surface area contributed by atoms with Gasteiger partial charge in [0.05, 0.1) is 11.8 Å². The molecule has 1 aromatic heterocycles. The fraction of sp³-hybridized carbons (Fsp3) is 0.417. The Kier molecular flexibility index (Phi) is 6.90. The van der Waals surface area contributed by atoms with Crippen LogP contribution >= 0.6 is 0 Å². The quantitative estimate of drug-likeness (QED) is 0.546. The van der Waals surface area contributed by atoms with Gasteiger partial charge in [-0.15, -0.1) is 5.10 Å². The molecule has 1 fully saturated rings. The lowest BCUT2D eigenvalue weighted by Gasteiger charge is -2.43. The number of hydrogen-bond donors (Lipinski definition) is 2. The number of hydrogen-bond acceptors (Lipinski definition) is 6. The Morgan fingerprint density at radius 1 is 1.12 bits per heavy atom. The number of rotatable bonds is 7. The van der Waals surface area contributed by atoms with E-state index >= 15 is 0 Å². The molecule has 3 aromatic rings. The lowest BCUT2D eigenvalue weighted by molar-refractivity contribution is 0.0886. The summed E-state index contributed by atoms with van der Waals surface area (Å²) in [6.07, 6.45) is 2.10. The zero-order valence-corrected chi connectivity index (χ0v) is 19.2. The number of aromatic nitrogens is 3. The summed E-state index contributed by atoms with van der Waals surface area (Å²) in [5, 5.41) is 17.3. The summed E-state index contributed by atoms with van der Waals surface area (Å²) < 4.78 is 28.4. The second-order valence-electron chi connectivity index (χ2n) is 8.67. The molecule has 0 bridgehead atoms. The highest BCUT2D eigenvalue weighted by atomic mass is 19.1. The molecular formula is C24H34F2N6O. The van der Waals surface area contributed by atoms with Crippen molar-refractivity contribution in [1.82, 2.24) is 19.7 Å². The van der Waals surface area contributed by atoms with Crippen molar-refractivity contribution in [2.24, 2.45) is 0 Å². The van der Waals surface area contributed by atoms with Gasteiger partial charge in [0.1, 0.15) is 18.0 Å². The highest BCUT2D eigenvalue weighted by Crippen LogP contribution is 2.27. The molecular weight excluding hydrogens is 426 g/mol. The van der Waals surface area contributed by atoms with Gasteiger partial charge in [-0.2, -0.15) is 4.98 Å². The van der Waals surface area contributed by atoms with E-state index in [1.165, 1.54) is 23.1 Å². The molecule has 4 rings (SSSR count). The van der Waals surface area contributed by atoms with E-state index in [4.69, 9.17) is 0 Å². The first-order chi connectivity index (χ1) is 15.8. The number of benzene rings is 2. The Labute approximate surface area is 195 Å². The molecule has 9 heteroatoms. The third-order valence-corrected chi connectivity index (χ3v) is 5.86. The predicted molar refractivity (Wildman–Crippen MR) is 130 cm³/mol. The van der Waals surface area contributed by atoms with Crippen molar-refractivity contribution < 1.29 is 16.7 Å². The van der Waals surface area contributed by atoms with Gasteiger partial charge < -0.3 is 15.3 Å². The van der Waals surface area contributed by atoms with E-state index in [9.17, 15) is 13.9 Å². The molecule has 7 nitrogen and oxygen atoms in total. The molecule has 1 aliphatic heterocycles. The third-order valence-electron chi connectivity index (χ3n) is 5.86. The van der Waals surface area contributed by atoms with Crippen LogP contribution in [0.5, 0.6) is 0 Å². The third kappa shape index (κ3) is 5.66. The number of halogens is 2. The Bertz CT molecular complexity index is 1090. The van der Waals surface area contributed by atoms with Gasteiger partial charge in [0.15, 0.2) is 0 Å². The van der Waals surface area contributed by atoms with Crippen molar-refractivity contribution in [3.05, 3.63) is 59.9 Å². The molecule has 0 saturated carbocycles. The maximum Gasteiger partial charge on any atom is 0.246 e. The average Bonchev–Trinajstić information content (AvgIpc) is 3.21. The standard InChI is InChI=1S/C24H30F2N6O.2H2/c1-4-21-14-31(6-5-30(21)13-17(3)33)22-8-16(2)7-20(12-22)28-24-27-15-32(29-24)23-10-18(25)9-19(26)11-23;;/h7-12,15,17,21,33H,4-6,13-14H2,1-3H3,(H,28,29);2*1H.